The van der Waals surface area contributed by atoms with Gasteiger partial charge in [-0.1, -0.05) is 84.9 Å². The van der Waals surface area contributed by atoms with Crippen molar-refractivity contribution in [3.05, 3.63) is 126 Å². The van der Waals surface area contributed by atoms with Gasteiger partial charge in [-0.25, -0.2) is 0 Å². The van der Waals surface area contributed by atoms with E-state index in [0.29, 0.717) is 19.6 Å². The normalized spacial score (nSPS) is 13.1. The van der Waals surface area contributed by atoms with Crippen molar-refractivity contribution in [2.45, 2.75) is 24.7 Å². The van der Waals surface area contributed by atoms with Crippen LogP contribution in [0.15, 0.2) is 109 Å². The van der Waals surface area contributed by atoms with Crippen LogP contribution in [0.25, 0.3) is 0 Å². The van der Waals surface area contributed by atoms with Crippen LogP contribution in [0, 0.1) is 0 Å². The Bertz CT molecular complexity index is 1230. The number of benzene rings is 4. The highest BCUT2D eigenvalue weighted by Crippen LogP contribution is 2.50. The van der Waals surface area contributed by atoms with Crippen LogP contribution in [-0.2, 0) is 16.6 Å². The summed E-state index contributed by atoms with van der Waals surface area (Å²) in [4.78, 5) is 14.1. The molecule has 4 heteroatoms. The topological polar surface area (TPSA) is 47.6 Å². The van der Waals surface area contributed by atoms with E-state index >= 15 is 0 Å². The summed E-state index contributed by atoms with van der Waals surface area (Å²) in [5.74, 6) is 2.25. The van der Waals surface area contributed by atoms with E-state index in [0.717, 1.165) is 41.2 Å². The van der Waals surface area contributed by atoms with E-state index in [9.17, 15) is 4.79 Å². The predicted octanol–water partition coefficient (Wildman–Crippen LogP) is 6.30. The van der Waals surface area contributed by atoms with Crippen LogP contribution >= 0.6 is 0 Å². The molecular formula is C31H29NO3. The van der Waals surface area contributed by atoms with Gasteiger partial charge in [0.1, 0.15) is 29.3 Å². The van der Waals surface area contributed by atoms with E-state index < -0.39 is 5.41 Å². The Morgan fingerprint density at radius 2 is 1.31 bits per heavy atom. The maximum Gasteiger partial charge on any atom is 0.235 e. The number of hydrogen-bond donors (Lipinski definition) is 1. The van der Waals surface area contributed by atoms with Crippen LogP contribution < -0.4 is 14.8 Å². The number of aryl methyl sites for hydroxylation is 1. The van der Waals surface area contributed by atoms with Gasteiger partial charge in [-0.15, -0.1) is 0 Å². The Balaban J connectivity index is 1.42. The molecule has 4 aromatic rings. The lowest BCUT2D eigenvalue weighted by Crippen LogP contribution is -2.48. The molecule has 1 N–H and O–H groups in total. The summed E-state index contributed by atoms with van der Waals surface area (Å²) in [5, 5.41) is 3.17. The first-order valence-electron chi connectivity index (χ1n) is 12.1. The third kappa shape index (κ3) is 4.78. The smallest absolute Gasteiger partial charge is 0.235 e. The van der Waals surface area contributed by atoms with Gasteiger partial charge in [-0.3, -0.25) is 4.79 Å². The third-order valence-corrected chi connectivity index (χ3v) is 6.56. The van der Waals surface area contributed by atoms with Crippen molar-refractivity contribution in [2.75, 3.05) is 13.2 Å². The van der Waals surface area contributed by atoms with Gasteiger partial charge < -0.3 is 14.8 Å². The zero-order valence-corrected chi connectivity index (χ0v) is 19.7. The van der Waals surface area contributed by atoms with Gasteiger partial charge >= 0.3 is 0 Å². The van der Waals surface area contributed by atoms with Crippen molar-refractivity contribution in [1.29, 1.82) is 0 Å². The summed E-state index contributed by atoms with van der Waals surface area (Å²) in [6, 6.07) is 35.9. The molecule has 5 rings (SSSR count). The molecule has 1 aliphatic heterocycles. The first kappa shape index (κ1) is 22.7. The van der Waals surface area contributed by atoms with Gasteiger partial charge in [0.05, 0.1) is 6.54 Å². The Morgan fingerprint density at radius 1 is 0.743 bits per heavy atom. The molecule has 0 saturated carbocycles. The fourth-order valence-electron chi connectivity index (χ4n) is 4.91. The molecule has 0 aromatic heterocycles. The Kier molecular flexibility index (Phi) is 6.80. The molecule has 4 aromatic carbocycles. The van der Waals surface area contributed by atoms with Crippen LogP contribution in [0.3, 0.4) is 0 Å². The maximum absolute atomic E-state index is 14.1. The lowest BCUT2D eigenvalue weighted by atomic mass is 9.68. The molecule has 1 heterocycles. The van der Waals surface area contributed by atoms with Crippen molar-refractivity contribution in [1.82, 2.24) is 5.32 Å². The summed E-state index contributed by atoms with van der Waals surface area (Å²) in [6.07, 6.45) is 2.43. The molecule has 0 fully saturated rings. The second kappa shape index (κ2) is 10.5. The fourth-order valence-corrected chi connectivity index (χ4v) is 4.91. The number of rotatable bonds is 9. The number of hydrogen-bond acceptors (Lipinski definition) is 3. The van der Waals surface area contributed by atoms with Gasteiger partial charge in [-0.05, 0) is 49.1 Å². The summed E-state index contributed by atoms with van der Waals surface area (Å²) >= 11 is 0. The molecule has 0 atom stereocenters. The average Bonchev–Trinajstić information content (AvgIpc) is 2.91. The van der Waals surface area contributed by atoms with Gasteiger partial charge in [0.2, 0.25) is 5.91 Å². The van der Waals surface area contributed by atoms with Gasteiger partial charge in [0, 0.05) is 11.1 Å². The van der Waals surface area contributed by atoms with E-state index in [1.807, 2.05) is 84.9 Å². The molecule has 0 bridgehead atoms. The van der Waals surface area contributed by atoms with Gasteiger partial charge in [0.25, 0.3) is 0 Å². The summed E-state index contributed by atoms with van der Waals surface area (Å²) in [6.45, 7) is 0.814. The highest BCUT2D eigenvalue weighted by molar-refractivity contribution is 5.94. The molecule has 0 saturated heterocycles. The second-order valence-electron chi connectivity index (χ2n) is 8.76. The minimum absolute atomic E-state index is 0.0228. The van der Waals surface area contributed by atoms with Crippen LogP contribution in [0.1, 0.15) is 29.5 Å². The fraction of sp³-hybridized carbons (Fsp3) is 0.194. The minimum Gasteiger partial charge on any atom is -0.492 e. The van der Waals surface area contributed by atoms with Crippen molar-refractivity contribution in [2.24, 2.45) is 0 Å². The van der Waals surface area contributed by atoms with Crippen LogP contribution in [0.5, 0.6) is 17.2 Å². The van der Waals surface area contributed by atoms with E-state index in [4.69, 9.17) is 9.47 Å². The van der Waals surface area contributed by atoms with Crippen LogP contribution in [0.2, 0.25) is 0 Å². The van der Waals surface area contributed by atoms with Crippen molar-refractivity contribution in [3.8, 4) is 17.2 Å². The number of amides is 1. The van der Waals surface area contributed by atoms with Crippen LogP contribution in [-0.4, -0.2) is 19.1 Å². The van der Waals surface area contributed by atoms with Crippen molar-refractivity contribution >= 4 is 5.91 Å². The van der Waals surface area contributed by atoms with E-state index in [2.05, 4.69) is 29.6 Å². The van der Waals surface area contributed by atoms with E-state index in [-0.39, 0.29) is 5.91 Å². The first-order chi connectivity index (χ1) is 17.3. The SMILES string of the molecule is O=C(NCCOc1ccccc1)C1(CCCc2ccccc2)c2ccccc2Oc2ccccc21. The number of ether oxygens (including phenoxy) is 2. The summed E-state index contributed by atoms with van der Waals surface area (Å²) in [7, 11) is 0. The number of carbonyl (C=O) groups is 1. The number of carbonyl (C=O) groups excluding carboxylic acids is 1. The lowest BCUT2D eigenvalue weighted by Gasteiger charge is -2.39. The Labute approximate surface area is 206 Å². The van der Waals surface area contributed by atoms with Crippen molar-refractivity contribution in [3.63, 3.8) is 0 Å². The van der Waals surface area contributed by atoms with Gasteiger partial charge in [-0.2, -0.15) is 0 Å². The second-order valence-corrected chi connectivity index (χ2v) is 8.76. The van der Waals surface area contributed by atoms with E-state index in [1.165, 1.54) is 5.56 Å². The first-order valence-corrected chi connectivity index (χ1v) is 12.1. The largest absolute Gasteiger partial charge is 0.492 e. The highest BCUT2D eigenvalue weighted by Gasteiger charge is 2.47. The Hall–Kier alpha value is -4.05. The highest BCUT2D eigenvalue weighted by atomic mass is 16.5. The maximum atomic E-state index is 14.1. The molecule has 1 aliphatic rings. The summed E-state index contributed by atoms with van der Waals surface area (Å²) < 4.78 is 12.0. The monoisotopic (exact) mass is 463 g/mol. The lowest BCUT2D eigenvalue weighted by molar-refractivity contribution is -0.126. The molecule has 0 radical (unpaired) electrons. The van der Waals surface area contributed by atoms with Crippen LogP contribution in [0.4, 0.5) is 0 Å². The molecule has 0 unspecified atom stereocenters. The number of para-hydroxylation sites is 3. The predicted molar refractivity (Wildman–Crippen MR) is 138 cm³/mol. The molecule has 0 aliphatic carbocycles. The molecule has 1 amide bonds. The zero-order valence-electron chi connectivity index (χ0n) is 19.7. The molecule has 0 spiro atoms. The number of fused-ring (bicyclic) bond motifs is 2. The zero-order chi connectivity index (χ0) is 23.9. The Morgan fingerprint density at radius 3 is 1.97 bits per heavy atom. The molecule has 4 nitrogen and oxygen atoms in total. The minimum atomic E-state index is -0.840. The van der Waals surface area contributed by atoms with E-state index in [1.54, 1.807) is 0 Å². The molecule has 35 heavy (non-hydrogen) atoms. The number of nitrogens with one attached hydrogen (secondary N) is 1. The summed E-state index contributed by atoms with van der Waals surface area (Å²) in [5.41, 5.74) is 2.25. The molecular weight excluding hydrogens is 434 g/mol. The van der Waals surface area contributed by atoms with Gasteiger partial charge in [0.15, 0.2) is 0 Å². The quantitative estimate of drug-likeness (QED) is 0.297. The standard InChI is InChI=1S/C31H29NO3/c33-30(32-22-23-34-25-15-5-2-6-16-25)31(21-11-14-24-12-3-1-4-13-24)26-17-7-9-19-28(26)35-29-20-10-8-18-27(29)31/h1-10,12-13,15-20H,11,14,21-23H2,(H,32,33). The van der Waals surface area contributed by atoms with Crippen molar-refractivity contribution < 1.29 is 14.3 Å². The molecule has 176 valence electrons. The third-order valence-electron chi connectivity index (χ3n) is 6.56. The average molecular weight is 464 g/mol.